The Labute approximate surface area is 167 Å². The van der Waals surface area contributed by atoms with Gasteiger partial charge in [-0.2, -0.15) is 0 Å². The van der Waals surface area contributed by atoms with E-state index in [0.717, 1.165) is 15.6 Å². The molecule has 0 aromatic heterocycles. The van der Waals surface area contributed by atoms with Crippen LogP contribution in [0.2, 0.25) is 5.02 Å². The number of carbonyl (C=O) groups is 2. The smallest absolute Gasteiger partial charge is 0.225 e. The highest BCUT2D eigenvalue weighted by Crippen LogP contribution is 2.25. The molecule has 0 heterocycles. The van der Waals surface area contributed by atoms with Crippen molar-refractivity contribution in [1.29, 1.82) is 0 Å². The maximum Gasteiger partial charge on any atom is 0.225 e. The van der Waals surface area contributed by atoms with Gasteiger partial charge in [-0.1, -0.05) is 51.8 Å². The van der Waals surface area contributed by atoms with Crippen LogP contribution < -0.4 is 5.32 Å². The van der Waals surface area contributed by atoms with Gasteiger partial charge in [-0.15, -0.1) is 0 Å². The lowest BCUT2D eigenvalue weighted by Crippen LogP contribution is -2.35. The number of benzene rings is 2. The lowest BCUT2D eigenvalue weighted by atomic mass is 10.0. The quantitative estimate of drug-likeness (QED) is 0.699. The first kappa shape index (κ1) is 20.5. The average molecular weight is 438 g/mol. The van der Waals surface area contributed by atoms with Gasteiger partial charge in [-0.3, -0.25) is 9.59 Å². The van der Waals surface area contributed by atoms with Crippen molar-refractivity contribution < 1.29 is 9.59 Å². The average Bonchev–Trinajstić information content (AvgIpc) is 2.60. The normalized spacial score (nSPS) is 13.0. The van der Waals surface area contributed by atoms with Crippen LogP contribution in [0.1, 0.15) is 43.5 Å². The van der Waals surface area contributed by atoms with Crippen molar-refractivity contribution in [3.05, 3.63) is 69.2 Å². The zero-order chi connectivity index (χ0) is 19.3. The molecule has 0 spiro atoms. The van der Waals surface area contributed by atoms with E-state index in [-0.39, 0.29) is 30.3 Å². The van der Waals surface area contributed by atoms with Crippen LogP contribution in [0.15, 0.2) is 53.0 Å². The third-order valence-electron chi connectivity index (χ3n) is 4.36. The lowest BCUT2D eigenvalue weighted by Gasteiger charge is -2.28. The van der Waals surface area contributed by atoms with Gasteiger partial charge in [0.2, 0.25) is 11.8 Å². The summed E-state index contributed by atoms with van der Waals surface area (Å²) in [6, 6.07) is 14.6. The minimum absolute atomic E-state index is 0.0471. The van der Waals surface area contributed by atoms with Crippen LogP contribution in [0.5, 0.6) is 0 Å². The molecule has 26 heavy (non-hydrogen) atoms. The molecule has 0 fully saturated rings. The second-order valence-corrected chi connectivity index (χ2v) is 7.59. The van der Waals surface area contributed by atoms with Crippen molar-refractivity contribution in [2.75, 3.05) is 7.05 Å². The van der Waals surface area contributed by atoms with Crippen LogP contribution in [0.4, 0.5) is 0 Å². The van der Waals surface area contributed by atoms with Gasteiger partial charge in [0, 0.05) is 23.5 Å². The maximum absolute atomic E-state index is 12.8. The first-order valence-corrected chi connectivity index (χ1v) is 9.48. The van der Waals surface area contributed by atoms with Crippen molar-refractivity contribution in [2.45, 2.75) is 32.4 Å². The fraction of sp³-hybridized carbons (Fsp3) is 0.300. The summed E-state index contributed by atoms with van der Waals surface area (Å²) in [4.78, 5) is 26.1. The van der Waals surface area contributed by atoms with E-state index in [1.54, 1.807) is 11.9 Å². The Hall–Kier alpha value is -1.85. The van der Waals surface area contributed by atoms with Gasteiger partial charge >= 0.3 is 0 Å². The Morgan fingerprint density at radius 1 is 1.08 bits per heavy atom. The highest BCUT2D eigenvalue weighted by atomic mass is 79.9. The number of rotatable bonds is 6. The van der Waals surface area contributed by atoms with Crippen LogP contribution in [-0.4, -0.2) is 23.8 Å². The molecule has 2 unspecified atom stereocenters. The van der Waals surface area contributed by atoms with Crippen molar-refractivity contribution in [2.24, 2.45) is 0 Å². The molecule has 0 saturated heterocycles. The minimum Gasteiger partial charge on any atom is -0.349 e. The molecule has 0 aliphatic carbocycles. The van der Waals surface area contributed by atoms with Gasteiger partial charge in [0.25, 0.3) is 0 Å². The molecule has 4 nitrogen and oxygen atoms in total. The molecular formula is C20H22BrClN2O2. The zero-order valence-corrected chi connectivity index (χ0v) is 17.3. The fourth-order valence-corrected chi connectivity index (χ4v) is 3.08. The third kappa shape index (κ3) is 5.58. The molecule has 2 aromatic rings. The topological polar surface area (TPSA) is 49.4 Å². The molecule has 0 bridgehead atoms. The van der Waals surface area contributed by atoms with Crippen LogP contribution in [0, 0.1) is 0 Å². The maximum atomic E-state index is 12.8. The molecule has 0 aliphatic heterocycles. The molecule has 0 saturated carbocycles. The Kier molecular flexibility index (Phi) is 7.23. The number of nitrogens with zero attached hydrogens (tertiary/aromatic N) is 1. The van der Waals surface area contributed by atoms with E-state index in [0.29, 0.717) is 5.02 Å². The first-order valence-electron chi connectivity index (χ1n) is 8.31. The summed E-state index contributed by atoms with van der Waals surface area (Å²) < 4.78 is 0.947. The molecule has 138 valence electrons. The monoisotopic (exact) mass is 436 g/mol. The molecule has 2 atom stereocenters. The summed E-state index contributed by atoms with van der Waals surface area (Å²) in [6.07, 6.45) is 0.190. The molecule has 2 rings (SSSR count). The van der Waals surface area contributed by atoms with Crippen molar-refractivity contribution in [3.8, 4) is 0 Å². The van der Waals surface area contributed by atoms with Crippen LogP contribution in [0.25, 0.3) is 0 Å². The van der Waals surface area contributed by atoms with E-state index in [4.69, 9.17) is 11.6 Å². The Bertz CT molecular complexity index is 762. The van der Waals surface area contributed by atoms with Crippen molar-refractivity contribution in [3.63, 3.8) is 0 Å². The van der Waals surface area contributed by atoms with E-state index < -0.39 is 0 Å². The van der Waals surface area contributed by atoms with Gasteiger partial charge < -0.3 is 10.2 Å². The number of carbonyl (C=O) groups excluding carboxylic acids is 2. The summed E-state index contributed by atoms with van der Waals surface area (Å²) in [5, 5.41) is 3.53. The Morgan fingerprint density at radius 2 is 1.62 bits per heavy atom. The lowest BCUT2D eigenvalue weighted by molar-refractivity contribution is -0.132. The SMILES string of the molecule is CC(=O)NC(CC(=O)N(C)C(C)c1ccc(Cl)cc1)c1ccc(Br)cc1. The Morgan fingerprint density at radius 3 is 2.15 bits per heavy atom. The highest BCUT2D eigenvalue weighted by molar-refractivity contribution is 9.10. The van der Waals surface area contributed by atoms with E-state index in [1.807, 2.05) is 55.5 Å². The minimum atomic E-state index is -0.368. The largest absolute Gasteiger partial charge is 0.349 e. The standard InChI is InChI=1S/C20H22BrClN2O2/c1-13(15-6-10-18(22)11-7-15)24(3)20(26)12-19(23-14(2)25)16-4-8-17(21)9-5-16/h4-11,13,19H,12H2,1-3H3,(H,23,25). The van der Waals surface area contributed by atoms with E-state index in [9.17, 15) is 9.59 Å². The van der Waals surface area contributed by atoms with Crippen LogP contribution >= 0.6 is 27.5 Å². The number of amides is 2. The first-order chi connectivity index (χ1) is 12.3. The summed E-state index contributed by atoms with van der Waals surface area (Å²) in [5.74, 6) is -0.215. The van der Waals surface area contributed by atoms with Gasteiger partial charge in [-0.25, -0.2) is 0 Å². The second kappa shape index (κ2) is 9.19. The molecular weight excluding hydrogens is 416 g/mol. The predicted octanol–water partition coefficient (Wildman–Crippen LogP) is 4.89. The molecule has 2 amide bonds. The third-order valence-corrected chi connectivity index (χ3v) is 5.14. The fourth-order valence-electron chi connectivity index (χ4n) is 2.69. The second-order valence-electron chi connectivity index (χ2n) is 6.24. The zero-order valence-electron chi connectivity index (χ0n) is 15.0. The van der Waals surface area contributed by atoms with Crippen LogP contribution in [-0.2, 0) is 9.59 Å². The molecule has 1 N–H and O–H groups in total. The summed E-state index contributed by atoms with van der Waals surface area (Å²) >= 11 is 9.33. The van der Waals surface area contributed by atoms with Gasteiger partial charge in [0.1, 0.15) is 0 Å². The van der Waals surface area contributed by atoms with Crippen molar-refractivity contribution in [1.82, 2.24) is 10.2 Å². The van der Waals surface area contributed by atoms with Crippen molar-refractivity contribution >= 4 is 39.3 Å². The number of halogens is 2. The van der Waals surface area contributed by atoms with E-state index >= 15 is 0 Å². The van der Waals surface area contributed by atoms with Gasteiger partial charge in [0.05, 0.1) is 18.5 Å². The highest BCUT2D eigenvalue weighted by Gasteiger charge is 2.23. The summed E-state index contributed by atoms with van der Waals surface area (Å²) in [5.41, 5.74) is 1.90. The molecule has 6 heteroatoms. The van der Waals surface area contributed by atoms with Gasteiger partial charge in [-0.05, 0) is 42.3 Å². The molecule has 0 radical (unpaired) electrons. The molecule has 0 aliphatic rings. The van der Waals surface area contributed by atoms with E-state index in [2.05, 4.69) is 21.2 Å². The van der Waals surface area contributed by atoms with E-state index in [1.165, 1.54) is 6.92 Å². The van der Waals surface area contributed by atoms with Crippen LogP contribution in [0.3, 0.4) is 0 Å². The number of hydrogen-bond donors (Lipinski definition) is 1. The summed E-state index contributed by atoms with van der Waals surface area (Å²) in [7, 11) is 1.77. The number of nitrogens with one attached hydrogen (secondary N) is 1. The number of hydrogen-bond acceptors (Lipinski definition) is 2. The summed E-state index contributed by atoms with van der Waals surface area (Å²) in [6.45, 7) is 3.42. The van der Waals surface area contributed by atoms with Gasteiger partial charge in [0.15, 0.2) is 0 Å². The predicted molar refractivity (Wildman–Crippen MR) is 108 cm³/mol. The Balaban J connectivity index is 2.13. The molecule has 2 aromatic carbocycles.